The van der Waals surface area contributed by atoms with E-state index in [0.717, 1.165) is 41.4 Å². The van der Waals surface area contributed by atoms with Crippen LogP contribution in [0, 0.1) is 0 Å². The molecule has 29 heavy (non-hydrogen) atoms. The lowest BCUT2D eigenvalue weighted by Crippen LogP contribution is -2.48. The minimum atomic E-state index is -0.182. The number of hydrogen-bond donors (Lipinski definition) is 1. The second-order valence-electron chi connectivity index (χ2n) is 7.49. The van der Waals surface area contributed by atoms with E-state index in [-0.39, 0.29) is 12.1 Å². The molecule has 2 amide bonds. The van der Waals surface area contributed by atoms with Crippen LogP contribution in [0.15, 0.2) is 48.5 Å². The minimum Gasteiger partial charge on any atom is -0.486 e. The maximum Gasteiger partial charge on any atom is 0.317 e. The summed E-state index contributed by atoms with van der Waals surface area (Å²) in [5.41, 5.74) is 1.05. The molecule has 3 heterocycles. The van der Waals surface area contributed by atoms with Crippen molar-refractivity contribution in [1.29, 1.82) is 0 Å². The summed E-state index contributed by atoms with van der Waals surface area (Å²) in [5, 5.41) is 4.15. The van der Waals surface area contributed by atoms with Gasteiger partial charge in [0.2, 0.25) is 0 Å². The summed E-state index contributed by atoms with van der Waals surface area (Å²) in [6.45, 7) is 2.34. The Kier molecular flexibility index (Phi) is 4.97. The Morgan fingerprint density at radius 2 is 2.00 bits per heavy atom. The summed E-state index contributed by atoms with van der Waals surface area (Å²) < 4.78 is 12.9. The van der Waals surface area contributed by atoms with E-state index in [2.05, 4.69) is 11.4 Å². The van der Waals surface area contributed by atoms with Crippen molar-refractivity contribution in [3.63, 3.8) is 0 Å². The van der Waals surface area contributed by atoms with Crippen LogP contribution >= 0.6 is 11.3 Å². The van der Waals surface area contributed by atoms with Crippen LogP contribution in [0.2, 0.25) is 0 Å². The molecule has 7 heteroatoms. The molecule has 2 aliphatic rings. The number of aromatic nitrogens is 1. The van der Waals surface area contributed by atoms with Crippen LogP contribution in [0.25, 0.3) is 10.2 Å². The summed E-state index contributed by atoms with van der Waals surface area (Å²) in [4.78, 5) is 19.4. The summed E-state index contributed by atoms with van der Waals surface area (Å²) in [6.07, 6.45) is 1.88. The van der Waals surface area contributed by atoms with E-state index < -0.39 is 0 Å². The van der Waals surface area contributed by atoms with E-state index in [9.17, 15) is 4.79 Å². The molecule has 0 unspecified atom stereocenters. The number of fused-ring (bicyclic) bond motifs is 2. The Bertz CT molecular complexity index is 988. The molecule has 0 radical (unpaired) electrons. The number of thiazole rings is 1. The van der Waals surface area contributed by atoms with Gasteiger partial charge in [0.25, 0.3) is 0 Å². The van der Waals surface area contributed by atoms with Gasteiger partial charge in [-0.1, -0.05) is 24.3 Å². The standard InChI is InChI=1S/C22H23N3O3S/c26-22(23-12-16-14-27-18-8-2-3-9-19(18)28-16)25-11-5-6-15(13-25)21-24-17-7-1-4-10-20(17)29-21/h1-4,7-10,15-16H,5-6,11-14H2,(H,23,26)/t15-,16-/m0/s1. The first-order valence-electron chi connectivity index (χ1n) is 10.0. The number of amides is 2. The Balaban J connectivity index is 1.18. The van der Waals surface area contributed by atoms with Crippen molar-refractivity contribution in [3.05, 3.63) is 53.5 Å². The largest absolute Gasteiger partial charge is 0.486 e. The molecule has 1 fully saturated rings. The Morgan fingerprint density at radius 1 is 1.17 bits per heavy atom. The van der Waals surface area contributed by atoms with E-state index >= 15 is 0 Å². The van der Waals surface area contributed by atoms with Gasteiger partial charge in [0.15, 0.2) is 17.6 Å². The van der Waals surface area contributed by atoms with E-state index in [0.29, 0.717) is 25.6 Å². The number of urea groups is 1. The number of piperidine rings is 1. The molecule has 1 N–H and O–H groups in total. The molecular weight excluding hydrogens is 386 g/mol. The van der Waals surface area contributed by atoms with Crippen molar-refractivity contribution in [2.45, 2.75) is 24.9 Å². The summed E-state index contributed by atoms with van der Waals surface area (Å²) in [6, 6.07) is 15.8. The molecule has 2 aliphatic heterocycles. The van der Waals surface area contributed by atoms with Gasteiger partial charge in [-0.2, -0.15) is 0 Å². The first kappa shape index (κ1) is 18.2. The number of carbonyl (C=O) groups is 1. The van der Waals surface area contributed by atoms with Gasteiger partial charge >= 0.3 is 6.03 Å². The maximum atomic E-state index is 12.7. The number of carbonyl (C=O) groups excluding carboxylic acids is 1. The number of nitrogens with zero attached hydrogens (tertiary/aromatic N) is 2. The molecule has 2 atom stereocenters. The van der Waals surface area contributed by atoms with Crippen LogP contribution in [0.5, 0.6) is 11.5 Å². The number of benzene rings is 2. The highest BCUT2D eigenvalue weighted by molar-refractivity contribution is 7.18. The fourth-order valence-corrected chi connectivity index (χ4v) is 5.00. The average molecular weight is 410 g/mol. The fraction of sp³-hybridized carbons (Fsp3) is 0.364. The van der Waals surface area contributed by atoms with E-state index in [1.807, 2.05) is 47.4 Å². The molecule has 0 saturated carbocycles. The molecule has 5 rings (SSSR count). The number of hydrogen-bond acceptors (Lipinski definition) is 5. The second-order valence-corrected chi connectivity index (χ2v) is 8.55. The lowest BCUT2D eigenvalue weighted by atomic mass is 9.99. The summed E-state index contributed by atoms with van der Waals surface area (Å²) in [7, 11) is 0. The average Bonchev–Trinajstić information content (AvgIpc) is 3.22. The SMILES string of the molecule is O=C(NC[C@H]1COc2ccccc2O1)N1CCC[C@H](c2nc3ccccc3s2)C1. The van der Waals surface area contributed by atoms with Crippen LogP contribution in [-0.4, -0.2) is 48.3 Å². The molecule has 0 spiro atoms. The third-order valence-electron chi connectivity index (χ3n) is 5.42. The number of rotatable bonds is 3. The molecule has 2 aromatic carbocycles. The first-order valence-corrected chi connectivity index (χ1v) is 10.8. The van der Waals surface area contributed by atoms with Crippen molar-refractivity contribution in [3.8, 4) is 11.5 Å². The quantitative estimate of drug-likeness (QED) is 0.710. The highest BCUT2D eigenvalue weighted by atomic mass is 32.1. The van der Waals surface area contributed by atoms with Gasteiger partial charge in [-0.15, -0.1) is 11.3 Å². The van der Waals surface area contributed by atoms with Crippen molar-refractivity contribution in [2.24, 2.45) is 0 Å². The van der Waals surface area contributed by atoms with Gasteiger partial charge in [0.1, 0.15) is 6.61 Å². The zero-order chi connectivity index (χ0) is 19.6. The van der Waals surface area contributed by atoms with Crippen molar-refractivity contribution in [1.82, 2.24) is 15.2 Å². The zero-order valence-corrected chi connectivity index (χ0v) is 16.9. The molecule has 6 nitrogen and oxygen atoms in total. The molecule has 0 bridgehead atoms. The number of para-hydroxylation sites is 3. The third kappa shape index (κ3) is 3.87. The van der Waals surface area contributed by atoms with Gasteiger partial charge in [-0.3, -0.25) is 0 Å². The Hall–Kier alpha value is -2.80. The maximum absolute atomic E-state index is 12.7. The van der Waals surface area contributed by atoms with Gasteiger partial charge in [-0.25, -0.2) is 9.78 Å². The smallest absolute Gasteiger partial charge is 0.317 e. The van der Waals surface area contributed by atoms with Gasteiger partial charge in [-0.05, 0) is 37.1 Å². The number of likely N-dealkylation sites (tertiary alicyclic amines) is 1. The lowest BCUT2D eigenvalue weighted by Gasteiger charge is -2.33. The highest BCUT2D eigenvalue weighted by Crippen LogP contribution is 2.33. The normalized spacial score (nSPS) is 21.2. The third-order valence-corrected chi connectivity index (χ3v) is 6.62. The second kappa shape index (κ2) is 7.91. The van der Waals surface area contributed by atoms with Gasteiger partial charge in [0, 0.05) is 19.0 Å². The van der Waals surface area contributed by atoms with Crippen LogP contribution in [-0.2, 0) is 0 Å². The Labute approximate surface area is 173 Å². The molecule has 1 aromatic heterocycles. The predicted molar refractivity (Wildman–Crippen MR) is 113 cm³/mol. The molecule has 1 saturated heterocycles. The molecule has 150 valence electrons. The Morgan fingerprint density at radius 3 is 2.90 bits per heavy atom. The van der Waals surface area contributed by atoms with Crippen molar-refractivity contribution >= 4 is 27.6 Å². The van der Waals surface area contributed by atoms with Gasteiger partial charge < -0.3 is 19.7 Å². The van der Waals surface area contributed by atoms with Crippen molar-refractivity contribution in [2.75, 3.05) is 26.2 Å². The molecular formula is C22H23N3O3S. The van der Waals surface area contributed by atoms with Crippen molar-refractivity contribution < 1.29 is 14.3 Å². The van der Waals surface area contributed by atoms with Crippen LogP contribution in [0.3, 0.4) is 0 Å². The fourth-order valence-electron chi connectivity index (χ4n) is 3.90. The molecule has 0 aliphatic carbocycles. The van der Waals surface area contributed by atoms with Crippen LogP contribution in [0.4, 0.5) is 4.79 Å². The summed E-state index contributed by atoms with van der Waals surface area (Å²) in [5.74, 6) is 1.78. The predicted octanol–water partition coefficient (Wildman–Crippen LogP) is 4.03. The number of nitrogens with one attached hydrogen (secondary N) is 1. The van der Waals surface area contributed by atoms with E-state index in [1.54, 1.807) is 11.3 Å². The van der Waals surface area contributed by atoms with E-state index in [1.165, 1.54) is 4.70 Å². The number of ether oxygens (including phenoxy) is 2. The minimum absolute atomic E-state index is 0.0433. The summed E-state index contributed by atoms with van der Waals surface area (Å²) >= 11 is 1.74. The van der Waals surface area contributed by atoms with Gasteiger partial charge in [0.05, 0.1) is 21.8 Å². The lowest BCUT2D eigenvalue weighted by molar-refractivity contribution is 0.0894. The zero-order valence-electron chi connectivity index (χ0n) is 16.0. The van der Waals surface area contributed by atoms with E-state index in [4.69, 9.17) is 14.5 Å². The topological polar surface area (TPSA) is 63.7 Å². The van der Waals surface area contributed by atoms with Crippen LogP contribution in [0.1, 0.15) is 23.8 Å². The molecule has 3 aromatic rings. The first-order chi connectivity index (χ1) is 14.3. The highest BCUT2D eigenvalue weighted by Gasteiger charge is 2.28. The van der Waals surface area contributed by atoms with Crippen LogP contribution < -0.4 is 14.8 Å². The monoisotopic (exact) mass is 409 g/mol.